The summed E-state index contributed by atoms with van der Waals surface area (Å²) in [5.41, 5.74) is -1.69. The topological polar surface area (TPSA) is 29.5 Å². The molecule has 0 spiro atoms. The fourth-order valence-corrected chi connectivity index (χ4v) is 2.87. The molecule has 0 saturated heterocycles. The highest BCUT2D eigenvalue weighted by atomic mass is 19.2. The smallest absolute Gasteiger partial charge is 0.204 e. The summed E-state index contributed by atoms with van der Waals surface area (Å²) in [5.74, 6) is -7.05. The van der Waals surface area contributed by atoms with Gasteiger partial charge in [0.05, 0.1) is 12.7 Å². The van der Waals surface area contributed by atoms with Gasteiger partial charge in [-0.2, -0.15) is 8.78 Å². The first-order valence-electron chi connectivity index (χ1n) is 7.01. The number of hydrogen-bond acceptors (Lipinski definition) is 2. The van der Waals surface area contributed by atoms with Crippen LogP contribution in [0.5, 0.6) is 5.75 Å². The van der Waals surface area contributed by atoms with E-state index in [0.29, 0.717) is 12.8 Å². The predicted molar refractivity (Wildman–Crippen MR) is 69.2 cm³/mol. The van der Waals surface area contributed by atoms with Gasteiger partial charge in [0.15, 0.2) is 17.4 Å². The Morgan fingerprint density at radius 1 is 0.952 bits per heavy atom. The average molecular weight is 306 g/mol. The van der Waals surface area contributed by atoms with Crippen LogP contribution in [0.2, 0.25) is 0 Å². The summed E-state index contributed by atoms with van der Waals surface area (Å²) in [6, 6.07) is 0. The standard InChI is InChI=1S/C15H18F4O2/c1-21-14-12(18)10(16)9(11(17)13(14)19)5-8-15(20)6-3-2-4-7-15/h20H,2-8H2,1H3. The zero-order valence-electron chi connectivity index (χ0n) is 11.8. The fourth-order valence-electron chi connectivity index (χ4n) is 2.87. The first kappa shape index (κ1) is 16.1. The van der Waals surface area contributed by atoms with E-state index < -0.39 is 40.2 Å². The zero-order valence-corrected chi connectivity index (χ0v) is 11.8. The Hall–Kier alpha value is -1.30. The van der Waals surface area contributed by atoms with E-state index >= 15 is 0 Å². The molecule has 0 amide bonds. The molecule has 1 N–H and O–H groups in total. The van der Waals surface area contributed by atoms with Crippen LogP contribution >= 0.6 is 0 Å². The van der Waals surface area contributed by atoms with Gasteiger partial charge in [0, 0.05) is 5.56 Å². The number of hydrogen-bond donors (Lipinski definition) is 1. The van der Waals surface area contributed by atoms with Crippen molar-refractivity contribution in [2.24, 2.45) is 0 Å². The van der Waals surface area contributed by atoms with Crippen molar-refractivity contribution in [2.45, 2.75) is 50.5 Å². The molecular formula is C15H18F4O2. The second-order valence-corrected chi connectivity index (χ2v) is 5.55. The third-order valence-electron chi connectivity index (χ3n) is 4.14. The lowest BCUT2D eigenvalue weighted by Crippen LogP contribution is -2.32. The van der Waals surface area contributed by atoms with Gasteiger partial charge in [0.25, 0.3) is 0 Å². The summed E-state index contributed by atoms with van der Waals surface area (Å²) in [5, 5.41) is 10.3. The first-order chi connectivity index (χ1) is 9.89. The molecule has 0 atom stereocenters. The molecule has 0 unspecified atom stereocenters. The predicted octanol–water partition coefficient (Wildman–Crippen LogP) is 3.88. The number of ether oxygens (including phenoxy) is 1. The average Bonchev–Trinajstić information content (AvgIpc) is 2.46. The van der Waals surface area contributed by atoms with Gasteiger partial charge in [-0.3, -0.25) is 0 Å². The summed E-state index contributed by atoms with van der Waals surface area (Å²) in [6.45, 7) is 0. The first-order valence-corrected chi connectivity index (χ1v) is 7.01. The third kappa shape index (κ3) is 3.15. The van der Waals surface area contributed by atoms with Crippen molar-refractivity contribution in [3.8, 4) is 5.75 Å². The van der Waals surface area contributed by atoms with Gasteiger partial charge in [-0.15, -0.1) is 0 Å². The minimum atomic E-state index is -1.54. The highest BCUT2D eigenvalue weighted by Crippen LogP contribution is 2.35. The van der Waals surface area contributed by atoms with E-state index in [9.17, 15) is 22.7 Å². The van der Waals surface area contributed by atoms with Crippen LogP contribution in [0.15, 0.2) is 0 Å². The Kier molecular flexibility index (Phi) is 4.76. The Morgan fingerprint density at radius 2 is 1.48 bits per heavy atom. The van der Waals surface area contributed by atoms with Gasteiger partial charge in [-0.05, 0) is 25.7 Å². The van der Waals surface area contributed by atoms with Crippen LogP contribution in [-0.4, -0.2) is 17.8 Å². The zero-order chi connectivity index (χ0) is 15.6. The maximum Gasteiger partial charge on any atom is 0.204 e. The van der Waals surface area contributed by atoms with Crippen LogP contribution in [0.4, 0.5) is 17.6 Å². The molecular weight excluding hydrogens is 288 g/mol. The lowest BCUT2D eigenvalue weighted by atomic mass is 9.81. The van der Waals surface area contributed by atoms with E-state index in [1.54, 1.807) is 0 Å². The number of halogens is 4. The summed E-state index contributed by atoms with van der Waals surface area (Å²) in [6.07, 6.45) is 3.59. The fraction of sp³-hybridized carbons (Fsp3) is 0.600. The minimum Gasteiger partial charge on any atom is -0.491 e. The number of benzene rings is 1. The van der Waals surface area contributed by atoms with Crippen LogP contribution in [0.3, 0.4) is 0 Å². The second-order valence-electron chi connectivity index (χ2n) is 5.55. The molecule has 1 saturated carbocycles. The van der Waals surface area contributed by atoms with Gasteiger partial charge in [0.1, 0.15) is 0 Å². The molecule has 0 radical (unpaired) electrons. The normalized spacial score (nSPS) is 17.8. The van der Waals surface area contributed by atoms with Crippen molar-refractivity contribution in [1.82, 2.24) is 0 Å². The molecule has 2 nitrogen and oxygen atoms in total. The van der Waals surface area contributed by atoms with Crippen LogP contribution in [0.25, 0.3) is 0 Å². The Balaban J connectivity index is 2.24. The van der Waals surface area contributed by atoms with E-state index in [1.807, 2.05) is 0 Å². The van der Waals surface area contributed by atoms with Crippen LogP contribution < -0.4 is 4.74 Å². The quantitative estimate of drug-likeness (QED) is 0.676. The molecule has 2 rings (SSSR count). The van der Waals surface area contributed by atoms with Crippen LogP contribution in [-0.2, 0) is 6.42 Å². The monoisotopic (exact) mass is 306 g/mol. The van der Waals surface area contributed by atoms with E-state index in [-0.39, 0.29) is 12.8 Å². The van der Waals surface area contributed by atoms with Gasteiger partial charge in [0.2, 0.25) is 11.6 Å². The van der Waals surface area contributed by atoms with Gasteiger partial charge in [-0.25, -0.2) is 8.78 Å². The molecule has 6 heteroatoms. The van der Waals surface area contributed by atoms with Crippen molar-refractivity contribution in [3.63, 3.8) is 0 Å². The highest BCUT2D eigenvalue weighted by Gasteiger charge is 2.31. The largest absolute Gasteiger partial charge is 0.491 e. The van der Waals surface area contributed by atoms with Crippen molar-refractivity contribution in [2.75, 3.05) is 7.11 Å². The Labute approximate surface area is 120 Å². The van der Waals surface area contributed by atoms with Crippen molar-refractivity contribution >= 4 is 0 Å². The summed E-state index contributed by atoms with van der Waals surface area (Å²) in [7, 11) is 0.935. The summed E-state index contributed by atoms with van der Waals surface area (Å²) >= 11 is 0. The second kappa shape index (κ2) is 6.22. The van der Waals surface area contributed by atoms with Crippen LogP contribution in [0.1, 0.15) is 44.1 Å². The highest BCUT2D eigenvalue weighted by molar-refractivity contribution is 5.34. The molecule has 1 fully saturated rings. The van der Waals surface area contributed by atoms with E-state index in [0.717, 1.165) is 26.4 Å². The molecule has 0 heterocycles. The number of methoxy groups -OCH3 is 1. The maximum absolute atomic E-state index is 13.8. The van der Waals surface area contributed by atoms with Gasteiger partial charge >= 0.3 is 0 Å². The molecule has 1 aromatic rings. The lowest BCUT2D eigenvalue weighted by molar-refractivity contribution is -0.00379. The molecule has 21 heavy (non-hydrogen) atoms. The Morgan fingerprint density at radius 3 is 1.95 bits per heavy atom. The molecule has 1 aromatic carbocycles. The van der Waals surface area contributed by atoms with Gasteiger partial charge < -0.3 is 9.84 Å². The molecule has 1 aliphatic carbocycles. The van der Waals surface area contributed by atoms with Gasteiger partial charge in [-0.1, -0.05) is 19.3 Å². The Bertz CT molecular complexity index is 496. The minimum absolute atomic E-state index is 0.0754. The van der Waals surface area contributed by atoms with Crippen molar-refractivity contribution < 1.29 is 27.4 Å². The molecule has 118 valence electrons. The maximum atomic E-state index is 13.8. The molecule has 1 aliphatic rings. The molecule has 0 aliphatic heterocycles. The molecule has 0 bridgehead atoms. The third-order valence-corrected chi connectivity index (χ3v) is 4.14. The summed E-state index contributed by atoms with van der Waals surface area (Å²) in [4.78, 5) is 0. The van der Waals surface area contributed by atoms with Crippen molar-refractivity contribution in [3.05, 3.63) is 28.8 Å². The lowest BCUT2D eigenvalue weighted by Gasteiger charge is -2.32. The van der Waals surface area contributed by atoms with E-state index in [4.69, 9.17) is 0 Å². The number of rotatable bonds is 4. The number of aliphatic hydroxyl groups is 1. The van der Waals surface area contributed by atoms with E-state index in [1.165, 1.54) is 0 Å². The molecule has 0 aromatic heterocycles. The van der Waals surface area contributed by atoms with E-state index in [2.05, 4.69) is 4.74 Å². The van der Waals surface area contributed by atoms with Crippen molar-refractivity contribution in [1.29, 1.82) is 0 Å². The van der Waals surface area contributed by atoms with Crippen LogP contribution in [0, 0.1) is 23.3 Å². The SMILES string of the molecule is COc1c(F)c(F)c(CCC2(O)CCCCC2)c(F)c1F. The summed E-state index contributed by atoms with van der Waals surface area (Å²) < 4.78 is 59.2.